The highest BCUT2D eigenvalue weighted by Gasteiger charge is 2.14. The topological polar surface area (TPSA) is 67.1 Å². The zero-order valence-corrected chi connectivity index (χ0v) is 18.8. The molecule has 1 aromatic carbocycles. The van der Waals surface area contributed by atoms with E-state index in [1.54, 1.807) is 12.1 Å². The molecule has 3 rings (SSSR count). The lowest BCUT2D eigenvalue weighted by Gasteiger charge is -2.11. The Kier molecular flexibility index (Phi) is 9.66. The number of nitrogens with one attached hydrogen (secondary N) is 2. The maximum Gasteiger partial charge on any atom is 0.191 e. The molecule has 8 heteroatoms. The Labute approximate surface area is 183 Å². The number of benzene rings is 1. The molecule has 1 aliphatic heterocycles. The summed E-state index contributed by atoms with van der Waals surface area (Å²) in [5.74, 6) is 2.80. The van der Waals surface area contributed by atoms with Crippen molar-refractivity contribution < 1.29 is 4.39 Å². The van der Waals surface area contributed by atoms with Crippen LogP contribution < -0.4 is 10.6 Å². The van der Waals surface area contributed by atoms with Gasteiger partial charge in [-0.05, 0) is 43.9 Å². The number of fused-ring (bicyclic) bond motifs is 1. The smallest absolute Gasteiger partial charge is 0.191 e. The number of guanidine groups is 1. The van der Waals surface area contributed by atoms with Gasteiger partial charge in [-0.15, -0.1) is 34.2 Å². The molecule has 0 bridgehead atoms. The minimum atomic E-state index is -0.223. The van der Waals surface area contributed by atoms with Crippen molar-refractivity contribution >= 4 is 29.9 Å². The summed E-state index contributed by atoms with van der Waals surface area (Å²) in [6.45, 7) is 5.23. The van der Waals surface area contributed by atoms with Gasteiger partial charge in [0.05, 0.1) is 6.54 Å². The quantitative estimate of drug-likeness (QED) is 0.265. The highest BCUT2D eigenvalue weighted by Crippen LogP contribution is 2.15. The van der Waals surface area contributed by atoms with E-state index in [1.165, 1.54) is 31.4 Å². The number of nitrogens with zero attached hydrogens (tertiary/aromatic N) is 4. The van der Waals surface area contributed by atoms with Gasteiger partial charge < -0.3 is 15.2 Å². The Morgan fingerprint density at radius 3 is 2.75 bits per heavy atom. The molecule has 0 saturated carbocycles. The van der Waals surface area contributed by atoms with E-state index in [-0.39, 0.29) is 29.8 Å². The molecule has 0 unspecified atom stereocenters. The van der Waals surface area contributed by atoms with Crippen LogP contribution in [0.2, 0.25) is 0 Å². The van der Waals surface area contributed by atoms with Crippen LogP contribution in [-0.2, 0) is 25.9 Å². The molecule has 0 spiro atoms. The molecule has 2 N–H and O–H groups in total. The number of hydrogen-bond acceptors (Lipinski definition) is 3. The second kappa shape index (κ2) is 12.0. The molecule has 154 valence electrons. The number of halogens is 2. The Hall–Kier alpha value is -1.71. The minimum absolute atomic E-state index is 0. The number of aromatic nitrogens is 3. The Morgan fingerprint density at radius 1 is 1.14 bits per heavy atom. The van der Waals surface area contributed by atoms with Gasteiger partial charge in [0.15, 0.2) is 5.96 Å². The normalized spacial score (nSPS) is 14.0. The summed E-state index contributed by atoms with van der Waals surface area (Å²) in [5.41, 5.74) is 0.986. The summed E-state index contributed by atoms with van der Waals surface area (Å²) >= 11 is 0. The van der Waals surface area contributed by atoms with Gasteiger partial charge in [-0.2, -0.15) is 0 Å². The Bertz CT molecular complexity index is 744. The third-order valence-corrected chi connectivity index (χ3v) is 4.73. The van der Waals surface area contributed by atoms with Crippen molar-refractivity contribution in [3.63, 3.8) is 0 Å². The fourth-order valence-corrected chi connectivity index (χ4v) is 3.29. The zero-order chi connectivity index (χ0) is 18.9. The molecule has 2 heterocycles. The van der Waals surface area contributed by atoms with Crippen molar-refractivity contribution in [2.24, 2.45) is 4.99 Å². The summed E-state index contributed by atoms with van der Waals surface area (Å²) in [6.07, 6.45) is 6.65. The fourth-order valence-electron chi connectivity index (χ4n) is 3.29. The van der Waals surface area contributed by atoms with E-state index in [4.69, 9.17) is 0 Å². The van der Waals surface area contributed by atoms with Gasteiger partial charge in [0.25, 0.3) is 0 Å². The third-order valence-electron chi connectivity index (χ3n) is 4.73. The van der Waals surface area contributed by atoms with Crippen LogP contribution in [-0.4, -0.2) is 33.8 Å². The maximum atomic E-state index is 13.0. The number of rotatable bonds is 7. The first-order chi connectivity index (χ1) is 13.3. The lowest BCUT2D eigenvalue weighted by molar-refractivity contribution is 0.594. The van der Waals surface area contributed by atoms with E-state index in [0.717, 1.165) is 62.1 Å². The minimum Gasteiger partial charge on any atom is -0.357 e. The van der Waals surface area contributed by atoms with Gasteiger partial charge in [0, 0.05) is 32.5 Å². The van der Waals surface area contributed by atoms with Crippen molar-refractivity contribution in [2.75, 3.05) is 13.1 Å². The van der Waals surface area contributed by atoms with Crippen molar-refractivity contribution in [3.8, 4) is 0 Å². The monoisotopic (exact) mass is 500 g/mol. The average Bonchev–Trinajstić information content (AvgIpc) is 2.90. The van der Waals surface area contributed by atoms with E-state index in [2.05, 4.69) is 30.4 Å². The first-order valence-corrected chi connectivity index (χ1v) is 9.94. The van der Waals surface area contributed by atoms with Crippen LogP contribution in [0.4, 0.5) is 4.39 Å². The zero-order valence-electron chi connectivity index (χ0n) is 16.5. The standard InChI is InChI=1S/C20H29FN6.HI/c1-2-22-20(24-15-16-9-11-17(21)12-10-16)23-13-6-8-19-26-25-18-7-4-3-5-14-27(18)19;/h9-12H,2-8,13-15H2,1H3,(H2,22,23,24);1H. The molecule has 1 aromatic heterocycles. The van der Waals surface area contributed by atoms with E-state index in [1.807, 2.05) is 6.92 Å². The predicted octanol–water partition coefficient (Wildman–Crippen LogP) is 3.45. The number of hydrogen-bond donors (Lipinski definition) is 2. The van der Waals surface area contributed by atoms with Crippen LogP contribution in [0.15, 0.2) is 29.3 Å². The van der Waals surface area contributed by atoms with Gasteiger partial charge in [-0.3, -0.25) is 0 Å². The van der Waals surface area contributed by atoms with Crippen LogP contribution in [0, 0.1) is 5.82 Å². The van der Waals surface area contributed by atoms with Crippen LogP contribution in [0.3, 0.4) is 0 Å². The van der Waals surface area contributed by atoms with Crippen molar-refractivity contribution in [1.29, 1.82) is 0 Å². The molecule has 0 aliphatic carbocycles. The lowest BCUT2D eigenvalue weighted by Crippen LogP contribution is -2.37. The van der Waals surface area contributed by atoms with Crippen molar-refractivity contribution in [3.05, 3.63) is 47.3 Å². The van der Waals surface area contributed by atoms with E-state index >= 15 is 0 Å². The molecule has 1 aliphatic rings. The molecule has 2 aromatic rings. The third kappa shape index (κ3) is 6.72. The molecule has 0 atom stereocenters. The SMILES string of the molecule is CCNC(=NCc1ccc(F)cc1)NCCCc1nnc2n1CCCCC2.I. The molecule has 28 heavy (non-hydrogen) atoms. The number of aliphatic imine (C=N–C) groups is 1. The van der Waals surface area contributed by atoms with Crippen LogP contribution in [0.25, 0.3) is 0 Å². The highest BCUT2D eigenvalue weighted by molar-refractivity contribution is 14.0. The lowest BCUT2D eigenvalue weighted by atomic mass is 10.2. The van der Waals surface area contributed by atoms with Crippen LogP contribution in [0.5, 0.6) is 0 Å². The molecule has 6 nitrogen and oxygen atoms in total. The molecule has 0 saturated heterocycles. The summed E-state index contributed by atoms with van der Waals surface area (Å²) in [5, 5.41) is 15.4. The molecular weight excluding hydrogens is 470 g/mol. The van der Waals surface area contributed by atoms with Gasteiger partial charge >= 0.3 is 0 Å². The second-order valence-corrected chi connectivity index (χ2v) is 6.85. The van der Waals surface area contributed by atoms with E-state index in [9.17, 15) is 4.39 Å². The summed E-state index contributed by atoms with van der Waals surface area (Å²) in [6, 6.07) is 6.46. The average molecular weight is 500 g/mol. The second-order valence-electron chi connectivity index (χ2n) is 6.85. The maximum absolute atomic E-state index is 13.0. The summed E-state index contributed by atoms with van der Waals surface area (Å²) < 4.78 is 15.3. The Morgan fingerprint density at radius 2 is 1.96 bits per heavy atom. The van der Waals surface area contributed by atoms with Crippen molar-refractivity contribution in [2.45, 2.75) is 58.5 Å². The molecule has 0 radical (unpaired) electrons. The predicted molar refractivity (Wildman–Crippen MR) is 121 cm³/mol. The van der Waals surface area contributed by atoms with Crippen LogP contribution >= 0.6 is 24.0 Å². The summed E-state index contributed by atoms with van der Waals surface area (Å²) in [4.78, 5) is 4.57. The van der Waals surface area contributed by atoms with Gasteiger partial charge in [0.2, 0.25) is 0 Å². The van der Waals surface area contributed by atoms with Gasteiger partial charge in [0.1, 0.15) is 17.5 Å². The van der Waals surface area contributed by atoms with E-state index < -0.39 is 0 Å². The fraction of sp³-hybridized carbons (Fsp3) is 0.550. The number of aryl methyl sites for hydroxylation is 2. The summed E-state index contributed by atoms with van der Waals surface area (Å²) in [7, 11) is 0. The largest absolute Gasteiger partial charge is 0.357 e. The molecule has 0 amide bonds. The first-order valence-electron chi connectivity index (χ1n) is 9.94. The Balaban J connectivity index is 0.00000280. The van der Waals surface area contributed by atoms with Crippen molar-refractivity contribution in [1.82, 2.24) is 25.4 Å². The molecule has 0 fully saturated rings. The molecular formula is C20H30FIN6. The first kappa shape index (κ1) is 22.6. The van der Waals surface area contributed by atoms with Gasteiger partial charge in [-0.1, -0.05) is 18.6 Å². The van der Waals surface area contributed by atoms with Gasteiger partial charge in [-0.25, -0.2) is 9.38 Å². The van der Waals surface area contributed by atoms with Crippen LogP contribution in [0.1, 0.15) is 49.8 Å². The van der Waals surface area contributed by atoms with E-state index in [0.29, 0.717) is 6.54 Å². The highest BCUT2D eigenvalue weighted by atomic mass is 127.